The molecule has 20 nitrogen and oxygen atoms in total. The summed E-state index contributed by atoms with van der Waals surface area (Å²) in [6, 6.07) is 17.7. The first-order chi connectivity index (χ1) is 36.8. The van der Waals surface area contributed by atoms with E-state index >= 15 is 0 Å². The highest BCUT2D eigenvalue weighted by molar-refractivity contribution is 7.98. The van der Waals surface area contributed by atoms with Crippen LogP contribution in [-0.4, -0.2) is 168 Å². The number of carboxylic acid groups (broad SMARTS) is 1. The summed E-state index contributed by atoms with van der Waals surface area (Å²) in [7, 11) is 2.68. The number of carbonyl (C=O) groups excluding carboxylic acids is 7. The molecule has 0 radical (unpaired) electrons. The third kappa shape index (κ3) is 21.1. The van der Waals surface area contributed by atoms with Crippen LogP contribution in [0, 0.1) is 11.8 Å². The maximum Gasteiger partial charge on any atom is 0.339 e. The Morgan fingerprint density at radius 3 is 1.88 bits per heavy atom. The van der Waals surface area contributed by atoms with Gasteiger partial charge >= 0.3 is 17.9 Å². The van der Waals surface area contributed by atoms with E-state index in [1.165, 1.54) is 25.9 Å². The highest BCUT2D eigenvalue weighted by Gasteiger charge is 2.34. The Hall–Kier alpha value is -5.84. The number of aliphatic carboxylic acids is 1. The zero-order valence-electron chi connectivity index (χ0n) is 45.4. The van der Waals surface area contributed by atoms with Gasteiger partial charge in [0.1, 0.15) is 24.2 Å². The number of amides is 5. The molecule has 3 aromatic rings. The summed E-state index contributed by atoms with van der Waals surface area (Å²) < 4.78 is 4.79. The first kappa shape index (κ1) is 63.7. The Morgan fingerprint density at radius 2 is 1.36 bits per heavy atom. The van der Waals surface area contributed by atoms with Crippen molar-refractivity contribution in [1.82, 2.24) is 41.4 Å². The minimum atomic E-state index is -1.07. The third-order valence-corrected chi connectivity index (χ3v) is 14.8. The normalized spacial score (nSPS) is 17.5. The lowest BCUT2D eigenvalue weighted by Gasteiger charge is -2.32. The van der Waals surface area contributed by atoms with Crippen LogP contribution in [0.4, 0.5) is 0 Å². The zero-order valence-corrected chi connectivity index (χ0v) is 47.0. The van der Waals surface area contributed by atoms with Crippen molar-refractivity contribution in [3.63, 3.8) is 0 Å². The summed E-state index contributed by atoms with van der Waals surface area (Å²) >= 11 is 7.68. The van der Waals surface area contributed by atoms with Crippen molar-refractivity contribution in [1.29, 1.82) is 0 Å². The molecule has 0 spiro atoms. The molecule has 2 saturated heterocycles. The molecule has 0 aliphatic carbocycles. The van der Waals surface area contributed by atoms with Crippen LogP contribution >= 0.6 is 23.4 Å². The fraction of sp³-hybridized carbons (Fsp3) is 0.564. The second-order valence-electron chi connectivity index (χ2n) is 19.7. The molecule has 8 atom stereocenters. The van der Waals surface area contributed by atoms with Gasteiger partial charge in [-0.2, -0.15) is 11.8 Å². The van der Waals surface area contributed by atoms with Gasteiger partial charge in [-0.1, -0.05) is 107 Å². The van der Waals surface area contributed by atoms with Crippen LogP contribution in [0.5, 0.6) is 0 Å². The van der Waals surface area contributed by atoms with Gasteiger partial charge in [-0.3, -0.25) is 38.6 Å². The molecular formula is C55H79ClN8O12S. The smallest absolute Gasteiger partial charge is 0.339 e. The monoisotopic (exact) mass is 1110 g/mol. The van der Waals surface area contributed by atoms with E-state index in [0.29, 0.717) is 69.1 Å². The number of carbonyl (C=O) groups is 8. The van der Waals surface area contributed by atoms with Crippen LogP contribution in [-0.2, 0) is 61.0 Å². The number of esters is 1. The van der Waals surface area contributed by atoms with Gasteiger partial charge < -0.3 is 46.4 Å². The van der Waals surface area contributed by atoms with Gasteiger partial charge in [-0.05, 0) is 83.6 Å². The molecular weight excluding hydrogens is 1030 g/mol. The number of hydroxylamine groups is 2. The van der Waals surface area contributed by atoms with Crippen molar-refractivity contribution in [3.8, 4) is 0 Å². The maximum atomic E-state index is 13.2. The van der Waals surface area contributed by atoms with Gasteiger partial charge in [0.2, 0.25) is 29.5 Å². The molecule has 2 aliphatic rings. The number of benzene rings is 3. The van der Waals surface area contributed by atoms with Crippen LogP contribution in [0.3, 0.4) is 0 Å². The van der Waals surface area contributed by atoms with Gasteiger partial charge in [0.05, 0.1) is 20.2 Å². The number of halogens is 1. The van der Waals surface area contributed by atoms with Gasteiger partial charge in [0.15, 0.2) is 0 Å². The van der Waals surface area contributed by atoms with Crippen molar-refractivity contribution in [2.75, 3.05) is 59.0 Å². The van der Waals surface area contributed by atoms with Crippen molar-refractivity contribution in [3.05, 3.63) is 82.9 Å². The van der Waals surface area contributed by atoms with Crippen LogP contribution in [0.2, 0.25) is 5.02 Å². The molecule has 424 valence electrons. The largest absolute Gasteiger partial charge is 0.480 e. The number of hydrogen-bond acceptors (Lipinski definition) is 15. The molecule has 0 aromatic heterocycles. The summed E-state index contributed by atoms with van der Waals surface area (Å²) in [5, 5.41) is 36.9. The Morgan fingerprint density at radius 1 is 0.792 bits per heavy atom. The summed E-state index contributed by atoms with van der Waals surface area (Å²) in [6.07, 6.45) is 5.40. The number of methoxy groups -OCH3 is 1. The topological polar surface area (TPSA) is 265 Å². The number of aliphatic hydroxyl groups is 1. The number of fused-ring (bicyclic) bond motifs is 1. The number of rotatable bonds is 30. The minimum absolute atomic E-state index is 0.0377. The summed E-state index contributed by atoms with van der Waals surface area (Å²) in [5.41, 5.74) is 1.90. The highest BCUT2D eigenvalue weighted by Crippen LogP contribution is 2.22. The highest BCUT2D eigenvalue weighted by atomic mass is 35.5. The SMILES string of the molecule is CC[C@H](C)[C@@H](CN(CC(=O)N[C@@H](CCSC)C(=O)O)Cc1cccc(Cl)c1)NC(=O)[C@@H]1CCC(=O)N1.CC[C@H](C)[C@@H](CN(CC(=O)ON(C)[C@@H](CCO)C(=O)OC)Cc1cccc2ccccc12)NC(=O)[C@@H]1CCC(=O)N1. The number of thioether (sulfide) groups is 1. The number of carboxylic acids is 1. The molecule has 0 bridgehead atoms. The lowest BCUT2D eigenvalue weighted by Crippen LogP contribution is -2.53. The summed E-state index contributed by atoms with van der Waals surface area (Å²) in [5.74, 6) is -2.64. The van der Waals surface area contributed by atoms with Crippen LogP contribution in [0.25, 0.3) is 10.8 Å². The standard InChI is InChI=1S/C30H42N4O7.C25H37ClN4O5S/c1-5-20(2)25(32-29(38)24-13-14-27(36)31-24)18-34(17-22-11-8-10-21-9-6-7-12-23(21)22)19-28(37)41-33(3)26(15-16-35)30(39)40-4;1-4-16(2)21(29-24(33)19-8-9-22(31)27-19)14-30(13-17-6-5-7-18(26)12-17)15-23(32)28-20(25(34)35)10-11-36-3/h6-12,20,24-26,35H,5,13-19H2,1-4H3,(H,31,36)(H,32,38);5-7,12,16,19-21H,4,8-11,13-15H2,1-3H3,(H,27,31)(H,28,32)(H,29,33)(H,34,35)/t20-,24-,25+,26-;16-,19-,20-,21+/m00/s1. The fourth-order valence-electron chi connectivity index (χ4n) is 9.06. The van der Waals surface area contributed by atoms with Crippen LogP contribution in [0.15, 0.2) is 66.7 Å². The number of hydrogen-bond donors (Lipinski definition) is 7. The molecule has 77 heavy (non-hydrogen) atoms. The third-order valence-electron chi connectivity index (χ3n) is 13.9. The molecule has 0 unspecified atom stereocenters. The Kier molecular flexibility index (Phi) is 27.1. The second kappa shape index (κ2) is 32.8. The van der Waals surface area contributed by atoms with Gasteiger partial charge in [0.25, 0.3) is 0 Å². The molecule has 7 N–H and O–H groups in total. The predicted octanol–water partition coefficient (Wildman–Crippen LogP) is 4.04. The zero-order chi connectivity index (χ0) is 56.6. The number of nitrogens with one attached hydrogen (secondary N) is 5. The van der Waals surface area contributed by atoms with E-state index in [0.717, 1.165) is 39.8 Å². The van der Waals surface area contributed by atoms with Crippen molar-refractivity contribution in [2.45, 2.75) is 128 Å². The molecule has 3 aromatic carbocycles. The van der Waals surface area contributed by atoms with E-state index in [4.69, 9.17) is 21.2 Å². The average molecular weight is 1110 g/mol. The molecule has 5 amide bonds. The lowest BCUT2D eigenvalue weighted by molar-refractivity contribution is -0.202. The molecule has 22 heteroatoms. The van der Waals surface area contributed by atoms with E-state index in [-0.39, 0.29) is 73.7 Å². The average Bonchev–Trinajstić information content (AvgIpc) is 4.06. The predicted molar refractivity (Wildman–Crippen MR) is 295 cm³/mol. The van der Waals surface area contributed by atoms with Crippen molar-refractivity contribution >= 4 is 81.6 Å². The second-order valence-corrected chi connectivity index (χ2v) is 21.1. The first-order valence-corrected chi connectivity index (χ1v) is 28.0. The molecule has 0 saturated carbocycles. The number of likely N-dealkylation sites (N-methyl/N-ethyl adjacent to an activating group) is 1. The Labute approximate surface area is 461 Å². The van der Waals surface area contributed by atoms with Crippen LogP contribution in [0.1, 0.15) is 90.2 Å². The first-order valence-electron chi connectivity index (χ1n) is 26.3. The lowest BCUT2D eigenvalue weighted by atomic mass is 9.97. The fourth-order valence-corrected chi connectivity index (χ4v) is 9.75. The summed E-state index contributed by atoms with van der Waals surface area (Å²) in [6.45, 7) is 9.18. The number of nitrogens with zero attached hydrogens (tertiary/aromatic N) is 3. The summed E-state index contributed by atoms with van der Waals surface area (Å²) in [4.78, 5) is 108. The number of aliphatic hydroxyl groups excluding tert-OH is 1. The van der Waals surface area contributed by atoms with E-state index < -0.39 is 48.0 Å². The maximum absolute atomic E-state index is 13.2. The van der Waals surface area contributed by atoms with Crippen molar-refractivity contribution in [2.24, 2.45) is 11.8 Å². The van der Waals surface area contributed by atoms with Crippen LogP contribution < -0.4 is 26.6 Å². The Bertz CT molecular complexity index is 2450. The molecule has 2 fully saturated rings. The van der Waals surface area contributed by atoms with E-state index in [2.05, 4.69) is 26.6 Å². The minimum Gasteiger partial charge on any atom is -0.480 e. The van der Waals surface area contributed by atoms with E-state index in [9.17, 15) is 48.6 Å². The van der Waals surface area contributed by atoms with E-state index in [1.54, 1.807) is 6.07 Å². The Balaban J connectivity index is 0.000000336. The van der Waals surface area contributed by atoms with Gasteiger partial charge in [0, 0.05) is 69.8 Å². The van der Waals surface area contributed by atoms with Crippen molar-refractivity contribution < 1.29 is 58.1 Å². The molecule has 2 heterocycles. The molecule has 2 aliphatic heterocycles. The van der Waals surface area contributed by atoms with Gasteiger partial charge in [-0.25, -0.2) is 9.59 Å². The quantitative estimate of drug-likeness (QED) is 0.0367. The number of ether oxygens (including phenoxy) is 1. The molecule has 5 rings (SSSR count). The van der Waals surface area contributed by atoms with E-state index in [1.807, 2.05) is 104 Å². The van der Waals surface area contributed by atoms with Gasteiger partial charge in [-0.15, -0.1) is 5.06 Å².